The lowest BCUT2D eigenvalue weighted by molar-refractivity contribution is 0.506. The number of hydrogen-bond acceptors (Lipinski definition) is 2. The Bertz CT molecular complexity index is 314. The summed E-state index contributed by atoms with van der Waals surface area (Å²) in [4.78, 5) is 0. The zero-order chi connectivity index (χ0) is 8.55. The molecule has 1 aliphatic rings. The van der Waals surface area contributed by atoms with Gasteiger partial charge in [0.2, 0.25) is 21.0 Å². The van der Waals surface area contributed by atoms with Crippen molar-refractivity contribution in [3.05, 3.63) is 35.4 Å². The maximum Gasteiger partial charge on any atom is 0.204 e. The second-order valence-electron chi connectivity index (χ2n) is 2.61. The van der Waals surface area contributed by atoms with Crippen LogP contribution in [0.25, 0.3) is 11.5 Å². The standard InChI is InChI=1S/C8H10O2Si2/c11-9-7-5-3-1-2-4-6(5)8(7)10-12/h1-4H,11-12H3. The molecule has 0 bridgehead atoms. The Balaban J connectivity index is 2.46. The summed E-state index contributed by atoms with van der Waals surface area (Å²) in [5, 5.41) is 0. The number of rotatable bonds is 2. The third kappa shape index (κ3) is 0.851. The predicted molar refractivity (Wildman–Crippen MR) is 55.3 cm³/mol. The molecule has 0 N–H and O–H groups in total. The van der Waals surface area contributed by atoms with E-state index in [9.17, 15) is 0 Å². The molecule has 0 unspecified atom stereocenters. The van der Waals surface area contributed by atoms with Crippen molar-refractivity contribution in [2.45, 2.75) is 0 Å². The fourth-order valence-corrected chi connectivity index (χ4v) is 2.28. The maximum atomic E-state index is 5.33. The first-order valence-electron chi connectivity index (χ1n) is 3.80. The van der Waals surface area contributed by atoms with E-state index < -0.39 is 0 Å². The Morgan fingerprint density at radius 3 is 1.58 bits per heavy atom. The van der Waals surface area contributed by atoms with Crippen molar-refractivity contribution < 1.29 is 8.85 Å². The molecule has 2 rings (SSSR count). The Labute approximate surface area is 77.3 Å². The van der Waals surface area contributed by atoms with Gasteiger partial charge in [-0.25, -0.2) is 0 Å². The van der Waals surface area contributed by atoms with Gasteiger partial charge in [0.15, 0.2) is 11.5 Å². The molecule has 0 spiro atoms. The molecule has 0 atom stereocenters. The van der Waals surface area contributed by atoms with Gasteiger partial charge in [-0.3, -0.25) is 0 Å². The highest BCUT2D eigenvalue weighted by Crippen LogP contribution is 2.40. The van der Waals surface area contributed by atoms with Crippen molar-refractivity contribution in [3.63, 3.8) is 0 Å². The molecule has 1 aromatic rings. The lowest BCUT2D eigenvalue weighted by Crippen LogP contribution is -2.09. The summed E-state index contributed by atoms with van der Waals surface area (Å²) >= 11 is 0. The molecule has 12 heavy (non-hydrogen) atoms. The van der Waals surface area contributed by atoms with E-state index in [1.807, 2.05) is 12.1 Å². The van der Waals surface area contributed by atoms with Gasteiger partial charge in [-0.2, -0.15) is 0 Å². The van der Waals surface area contributed by atoms with Crippen LogP contribution in [-0.4, -0.2) is 21.0 Å². The van der Waals surface area contributed by atoms with E-state index in [1.165, 1.54) is 11.1 Å². The van der Waals surface area contributed by atoms with Crippen LogP contribution in [-0.2, 0) is 8.85 Å². The minimum absolute atomic E-state index is 0.723. The lowest BCUT2D eigenvalue weighted by atomic mass is 9.93. The van der Waals surface area contributed by atoms with E-state index in [1.54, 1.807) is 0 Å². The zero-order valence-corrected chi connectivity index (χ0v) is 11.1. The zero-order valence-electron chi connectivity index (χ0n) is 7.13. The Kier molecular flexibility index (Phi) is 1.78. The van der Waals surface area contributed by atoms with Gasteiger partial charge in [0.1, 0.15) is 0 Å². The Morgan fingerprint density at radius 2 is 1.25 bits per heavy atom. The number of benzene rings is 1. The first kappa shape index (κ1) is 7.63. The van der Waals surface area contributed by atoms with Crippen LogP contribution in [0, 0.1) is 0 Å². The molecule has 0 amide bonds. The molecular weight excluding hydrogens is 184 g/mol. The van der Waals surface area contributed by atoms with Crippen molar-refractivity contribution in [3.8, 4) is 0 Å². The van der Waals surface area contributed by atoms with Crippen LogP contribution in [0.2, 0.25) is 0 Å². The van der Waals surface area contributed by atoms with Crippen LogP contribution in [0.4, 0.5) is 0 Å². The van der Waals surface area contributed by atoms with Crippen LogP contribution in [0.15, 0.2) is 24.3 Å². The Hall–Kier alpha value is -1.01. The lowest BCUT2D eigenvalue weighted by Gasteiger charge is -2.25. The third-order valence-corrected chi connectivity index (χ3v) is 2.85. The van der Waals surface area contributed by atoms with Gasteiger partial charge in [0.05, 0.1) is 0 Å². The van der Waals surface area contributed by atoms with Crippen LogP contribution in [0.5, 0.6) is 0 Å². The quantitative estimate of drug-likeness (QED) is 0.587. The molecule has 2 nitrogen and oxygen atoms in total. The highest BCUT2D eigenvalue weighted by atomic mass is 28.2. The normalized spacial score (nSPS) is 14.0. The SMILES string of the molecule is [SiH3]OC1=C(O[SiH3])c2ccccc21. The van der Waals surface area contributed by atoms with E-state index in [0.717, 1.165) is 32.5 Å². The molecule has 1 aromatic carbocycles. The predicted octanol–water partition coefficient (Wildman–Crippen LogP) is -0.580. The third-order valence-electron chi connectivity index (χ3n) is 2.03. The van der Waals surface area contributed by atoms with Crippen molar-refractivity contribution in [1.29, 1.82) is 0 Å². The molecule has 0 aliphatic heterocycles. The van der Waals surface area contributed by atoms with Crippen LogP contribution >= 0.6 is 0 Å². The molecule has 0 fully saturated rings. The van der Waals surface area contributed by atoms with E-state index in [4.69, 9.17) is 8.85 Å². The fraction of sp³-hybridized carbons (Fsp3) is 0. The van der Waals surface area contributed by atoms with Crippen molar-refractivity contribution in [2.24, 2.45) is 0 Å². The first-order chi connectivity index (χ1) is 5.88. The van der Waals surface area contributed by atoms with Gasteiger partial charge in [-0.1, -0.05) is 24.3 Å². The molecule has 62 valence electrons. The van der Waals surface area contributed by atoms with Gasteiger partial charge in [0, 0.05) is 11.1 Å². The van der Waals surface area contributed by atoms with Crippen LogP contribution in [0.1, 0.15) is 11.1 Å². The van der Waals surface area contributed by atoms with E-state index in [2.05, 4.69) is 12.1 Å². The summed E-state index contributed by atoms with van der Waals surface area (Å²) in [6.45, 7) is 0. The molecule has 0 saturated heterocycles. The first-order valence-corrected chi connectivity index (χ1v) is 5.44. The van der Waals surface area contributed by atoms with Gasteiger partial charge in [-0.15, -0.1) is 0 Å². The number of hydrogen-bond donors (Lipinski definition) is 0. The second kappa shape index (κ2) is 2.80. The summed E-state index contributed by atoms with van der Waals surface area (Å²) in [6.07, 6.45) is 0. The van der Waals surface area contributed by atoms with E-state index in [0.29, 0.717) is 0 Å². The summed E-state index contributed by atoms with van der Waals surface area (Å²) < 4.78 is 10.7. The fourth-order valence-electron chi connectivity index (χ4n) is 1.47. The van der Waals surface area contributed by atoms with Gasteiger partial charge in [-0.05, 0) is 0 Å². The van der Waals surface area contributed by atoms with Crippen LogP contribution in [0.3, 0.4) is 0 Å². The van der Waals surface area contributed by atoms with Crippen molar-refractivity contribution >= 4 is 32.5 Å². The van der Waals surface area contributed by atoms with Gasteiger partial charge < -0.3 is 8.85 Å². The van der Waals surface area contributed by atoms with Gasteiger partial charge >= 0.3 is 0 Å². The van der Waals surface area contributed by atoms with Crippen molar-refractivity contribution in [2.75, 3.05) is 0 Å². The molecular formula is C8H10O2Si2. The second-order valence-corrected chi connectivity index (χ2v) is 3.43. The highest BCUT2D eigenvalue weighted by molar-refractivity contribution is 6.12. The minimum atomic E-state index is 0.723. The monoisotopic (exact) mass is 194 g/mol. The molecule has 0 aromatic heterocycles. The Morgan fingerprint density at radius 1 is 0.833 bits per heavy atom. The molecule has 0 heterocycles. The smallest absolute Gasteiger partial charge is 0.204 e. The average Bonchev–Trinajstić information content (AvgIpc) is 2.08. The van der Waals surface area contributed by atoms with Gasteiger partial charge in [0.25, 0.3) is 0 Å². The summed E-state index contributed by atoms with van der Waals surface area (Å²) in [5.74, 6) is 1.90. The van der Waals surface area contributed by atoms with Crippen LogP contribution < -0.4 is 0 Å². The molecule has 0 radical (unpaired) electrons. The van der Waals surface area contributed by atoms with Crippen molar-refractivity contribution in [1.82, 2.24) is 0 Å². The minimum Gasteiger partial charge on any atom is -0.550 e. The van der Waals surface area contributed by atoms with E-state index in [-0.39, 0.29) is 0 Å². The highest BCUT2D eigenvalue weighted by Gasteiger charge is 2.26. The maximum absolute atomic E-state index is 5.33. The molecule has 4 heteroatoms. The van der Waals surface area contributed by atoms with E-state index >= 15 is 0 Å². The average molecular weight is 194 g/mol. The molecule has 1 aliphatic carbocycles. The number of fused-ring (bicyclic) bond motifs is 1. The molecule has 0 saturated carbocycles. The largest absolute Gasteiger partial charge is 0.550 e. The topological polar surface area (TPSA) is 18.5 Å². The summed E-state index contributed by atoms with van der Waals surface area (Å²) in [7, 11) is 1.45. The summed E-state index contributed by atoms with van der Waals surface area (Å²) in [6, 6.07) is 8.16. The summed E-state index contributed by atoms with van der Waals surface area (Å²) in [5.41, 5.74) is 2.39.